The summed E-state index contributed by atoms with van der Waals surface area (Å²) >= 11 is 0. The van der Waals surface area contributed by atoms with Crippen molar-refractivity contribution >= 4 is 0 Å². The normalized spacial score (nSPS) is 10.6. The maximum atomic E-state index is 5.82. The fourth-order valence-corrected chi connectivity index (χ4v) is 1.96. The second-order valence-corrected chi connectivity index (χ2v) is 4.79. The Kier molecular flexibility index (Phi) is 3.81. The fraction of sp³-hybridized carbons (Fsp3) is 0.333. The molecule has 0 unspecified atom stereocenters. The van der Waals surface area contributed by atoms with E-state index in [0.29, 0.717) is 12.6 Å². The van der Waals surface area contributed by atoms with E-state index >= 15 is 0 Å². The van der Waals surface area contributed by atoms with E-state index in [1.54, 1.807) is 0 Å². The number of hydrogen-bond acceptors (Lipinski definition) is 4. The zero-order valence-electron chi connectivity index (χ0n) is 11.8. The number of nitrogens with zero attached hydrogens (tertiary/aromatic N) is 2. The van der Waals surface area contributed by atoms with E-state index in [9.17, 15) is 0 Å². The lowest BCUT2D eigenvalue weighted by Crippen LogP contribution is -2.04. The van der Waals surface area contributed by atoms with Crippen molar-refractivity contribution in [3.05, 3.63) is 46.3 Å². The number of rotatable bonds is 3. The number of hydrogen-bond donors (Lipinski definition) is 1. The van der Waals surface area contributed by atoms with Crippen molar-refractivity contribution in [1.29, 1.82) is 0 Å². The smallest absolute Gasteiger partial charge is 0.322 e. The quantitative estimate of drug-likeness (QED) is 0.918. The average Bonchev–Trinajstić information content (AvgIpc) is 2.34. The summed E-state index contributed by atoms with van der Waals surface area (Å²) in [5, 5.41) is 0. The Balaban J connectivity index is 2.38. The van der Waals surface area contributed by atoms with Crippen LogP contribution in [0.5, 0.6) is 11.8 Å². The molecular weight excluding hydrogens is 238 g/mol. The first kappa shape index (κ1) is 13.5. The van der Waals surface area contributed by atoms with Gasteiger partial charge in [-0.3, -0.25) is 0 Å². The third kappa shape index (κ3) is 3.09. The van der Waals surface area contributed by atoms with Crippen LogP contribution in [-0.4, -0.2) is 9.97 Å². The first-order chi connectivity index (χ1) is 8.99. The highest BCUT2D eigenvalue weighted by molar-refractivity contribution is 5.43. The number of nitrogens with two attached hydrogens (primary N) is 1. The zero-order chi connectivity index (χ0) is 14.0. The molecule has 0 atom stereocenters. The van der Waals surface area contributed by atoms with Gasteiger partial charge in [-0.1, -0.05) is 6.07 Å². The molecule has 0 bridgehead atoms. The van der Waals surface area contributed by atoms with E-state index in [-0.39, 0.29) is 0 Å². The molecule has 19 heavy (non-hydrogen) atoms. The molecule has 0 radical (unpaired) electrons. The van der Waals surface area contributed by atoms with Gasteiger partial charge in [0.2, 0.25) is 0 Å². The molecule has 4 nitrogen and oxygen atoms in total. The Morgan fingerprint density at radius 3 is 2.47 bits per heavy atom. The summed E-state index contributed by atoms with van der Waals surface area (Å²) in [6.45, 7) is 8.43. The molecule has 1 aromatic carbocycles. The van der Waals surface area contributed by atoms with Crippen LogP contribution in [0.4, 0.5) is 0 Å². The SMILES string of the molecule is Cc1cc(C)c(C)c(Oc2nc(C)cc(CN)n2)c1. The largest absolute Gasteiger partial charge is 0.424 e. The first-order valence-corrected chi connectivity index (χ1v) is 6.30. The summed E-state index contributed by atoms with van der Waals surface area (Å²) in [4.78, 5) is 8.58. The Morgan fingerprint density at radius 1 is 1.05 bits per heavy atom. The minimum absolute atomic E-state index is 0.355. The third-order valence-electron chi connectivity index (χ3n) is 3.06. The van der Waals surface area contributed by atoms with Gasteiger partial charge >= 0.3 is 6.01 Å². The van der Waals surface area contributed by atoms with Crippen LogP contribution in [0.3, 0.4) is 0 Å². The molecular formula is C15H19N3O. The van der Waals surface area contributed by atoms with Crippen molar-refractivity contribution < 1.29 is 4.74 Å². The number of ether oxygens (including phenoxy) is 1. The van der Waals surface area contributed by atoms with Gasteiger partial charge in [-0.05, 0) is 56.5 Å². The van der Waals surface area contributed by atoms with Gasteiger partial charge in [-0.25, -0.2) is 4.98 Å². The molecule has 2 aromatic rings. The van der Waals surface area contributed by atoms with Crippen molar-refractivity contribution in [2.24, 2.45) is 5.73 Å². The lowest BCUT2D eigenvalue weighted by atomic mass is 10.1. The predicted molar refractivity (Wildman–Crippen MR) is 75.4 cm³/mol. The van der Waals surface area contributed by atoms with Crippen LogP contribution >= 0.6 is 0 Å². The van der Waals surface area contributed by atoms with Crippen LogP contribution < -0.4 is 10.5 Å². The van der Waals surface area contributed by atoms with Crippen molar-refractivity contribution in [2.45, 2.75) is 34.2 Å². The van der Waals surface area contributed by atoms with Crippen molar-refractivity contribution in [3.8, 4) is 11.8 Å². The molecule has 100 valence electrons. The lowest BCUT2D eigenvalue weighted by molar-refractivity contribution is 0.434. The van der Waals surface area contributed by atoms with Crippen molar-refractivity contribution in [2.75, 3.05) is 0 Å². The fourth-order valence-electron chi connectivity index (χ4n) is 1.96. The van der Waals surface area contributed by atoms with Crippen LogP contribution in [0.15, 0.2) is 18.2 Å². The van der Waals surface area contributed by atoms with E-state index in [1.165, 1.54) is 5.56 Å². The summed E-state index contributed by atoms with van der Waals surface area (Å²) in [7, 11) is 0. The van der Waals surface area contributed by atoms with Crippen molar-refractivity contribution in [3.63, 3.8) is 0 Å². The summed E-state index contributed by atoms with van der Waals surface area (Å²) in [6, 6.07) is 6.34. The second kappa shape index (κ2) is 5.36. The van der Waals surface area contributed by atoms with Gasteiger partial charge in [0.1, 0.15) is 5.75 Å². The van der Waals surface area contributed by atoms with Gasteiger partial charge < -0.3 is 10.5 Å². The monoisotopic (exact) mass is 257 g/mol. The molecule has 1 heterocycles. The van der Waals surface area contributed by atoms with E-state index in [2.05, 4.69) is 23.0 Å². The minimum Gasteiger partial charge on any atom is -0.424 e. The first-order valence-electron chi connectivity index (χ1n) is 6.30. The van der Waals surface area contributed by atoms with Crippen LogP contribution in [0, 0.1) is 27.7 Å². The number of benzene rings is 1. The Bertz CT molecular complexity index is 609. The Hall–Kier alpha value is -1.94. The Labute approximate surface area is 113 Å². The molecule has 4 heteroatoms. The highest BCUT2D eigenvalue weighted by atomic mass is 16.5. The second-order valence-electron chi connectivity index (χ2n) is 4.79. The third-order valence-corrected chi connectivity index (χ3v) is 3.06. The number of aryl methyl sites for hydroxylation is 3. The molecule has 0 saturated carbocycles. The standard InChI is InChI=1S/C15H19N3O/c1-9-5-10(2)12(4)14(6-9)19-15-17-11(3)7-13(8-16)18-15/h5-7H,8,16H2,1-4H3. The van der Waals surface area contributed by atoms with Gasteiger partial charge in [0, 0.05) is 12.2 Å². The van der Waals surface area contributed by atoms with Gasteiger partial charge in [0.05, 0.1) is 5.69 Å². The van der Waals surface area contributed by atoms with Crippen molar-refractivity contribution in [1.82, 2.24) is 9.97 Å². The topological polar surface area (TPSA) is 61.0 Å². The molecule has 2 N–H and O–H groups in total. The highest BCUT2D eigenvalue weighted by Gasteiger charge is 2.08. The van der Waals surface area contributed by atoms with Gasteiger partial charge in [0.15, 0.2) is 0 Å². The molecule has 0 aliphatic rings. The van der Waals surface area contributed by atoms with Crippen LogP contribution in [0.1, 0.15) is 28.1 Å². The van der Waals surface area contributed by atoms with E-state index in [0.717, 1.165) is 28.3 Å². The summed E-state index contributed by atoms with van der Waals surface area (Å²) in [5.41, 5.74) is 10.7. The maximum Gasteiger partial charge on any atom is 0.322 e. The summed E-state index contributed by atoms with van der Waals surface area (Å²) < 4.78 is 5.82. The highest BCUT2D eigenvalue weighted by Crippen LogP contribution is 2.26. The molecule has 0 saturated heterocycles. The van der Waals surface area contributed by atoms with Gasteiger partial charge in [-0.2, -0.15) is 4.98 Å². The average molecular weight is 257 g/mol. The van der Waals surface area contributed by atoms with Crippen LogP contribution in [0.25, 0.3) is 0 Å². The van der Waals surface area contributed by atoms with Crippen LogP contribution in [0.2, 0.25) is 0 Å². The minimum atomic E-state index is 0.355. The molecule has 0 fully saturated rings. The van der Waals surface area contributed by atoms with Crippen LogP contribution in [-0.2, 0) is 6.54 Å². The summed E-state index contributed by atoms with van der Waals surface area (Å²) in [5.74, 6) is 0.797. The molecule has 2 rings (SSSR count). The zero-order valence-corrected chi connectivity index (χ0v) is 11.8. The molecule has 0 spiro atoms. The molecule has 0 aliphatic heterocycles. The summed E-state index contributed by atoms with van der Waals surface area (Å²) in [6.07, 6.45) is 0. The number of aromatic nitrogens is 2. The van der Waals surface area contributed by atoms with Gasteiger partial charge in [0.25, 0.3) is 0 Å². The predicted octanol–water partition coefficient (Wildman–Crippen LogP) is 2.96. The molecule has 0 amide bonds. The van der Waals surface area contributed by atoms with Gasteiger partial charge in [-0.15, -0.1) is 0 Å². The maximum absolute atomic E-state index is 5.82. The molecule has 1 aromatic heterocycles. The lowest BCUT2D eigenvalue weighted by Gasteiger charge is -2.11. The van der Waals surface area contributed by atoms with E-state index in [1.807, 2.05) is 32.9 Å². The molecule has 0 aliphatic carbocycles. The van der Waals surface area contributed by atoms with E-state index in [4.69, 9.17) is 10.5 Å². The van der Waals surface area contributed by atoms with E-state index < -0.39 is 0 Å². The Morgan fingerprint density at radius 2 is 1.79 bits per heavy atom.